The Morgan fingerprint density at radius 1 is 1.68 bits per heavy atom. The summed E-state index contributed by atoms with van der Waals surface area (Å²) in [6, 6.07) is 0. The van der Waals surface area contributed by atoms with Crippen LogP contribution < -0.4 is 0 Å². The predicted molar refractivity (Wildman–Crippen MR) is 70.8 cm³/mol. The first-order valence-electron chi connectivity index (χ1n) is 5.43. The molecule has 0 radical (unpaired) electrons. The van der Waals surface area contributed by atoms with Gasteiger partial charge in [0, 0.05) is 5.75 Å². The third-order valence-corrected chi connectivity index (χ3v) is 5.41. The van der Waals surface area contributed by atoms with Crippen molar-refractivity contribution in [1.82, 2.24) is 4.90 Å². The van der Waals surface area contributed by atoms with E-state index in [1.807, 2.05) is 0 Å². The fourth-order valence-corrected chi connectivity index (χ4v) is 4.71. The average molecular weight is 304 g/mol. The molecule has 2 rings (SSSR count). The van der Waals surface area contributed by atoms with Gasteiger partial charge in [-0.25, -0.2) is 4.79 Å². The number of aliphatic hydroxyl groups is 1. The zero-order chi connectivity index (χ0) is 14.2. The molecule has 1 saturated heterocycles. The number of fused-ring (bicyclic) bond motifs is 1. The number of rotatable bonds is 5. The number of aliphatic hydroxyl groups excluding tert-OH is 1. The van der Waals surface area contributed by atoms with Crippen molar-refractivity contribution in [2.24, 2.45) is 11.1 Å². The van der Waals surface area contributed by atoms with Gasteiger partial charge in [0.05, 0.1) is 22.5 Å². The molecule has 0 aromatic rings. The summed E-state index contributed by atoms with van der Waals surface area (Å²) in [5.41, 5.74) is -0.0479. The lowest BCUT2D eigenvalue weighted by atomic mass is 9.92. The van der Waals surface area contributed by atoms with Crippen LogP contribution >= 0.6 is 23.5 Å². The van der Waals surface area contributed by atoms with E-state index in [4.69, 9.17) is 5.21 Å². The second-order valence-electron chi connectivity index (χ2n) is 4.03. The fourth-order valence-electron chi connectivity index (χ4n) is 2.00. The van der Waals surface area contributed by atoms with Crippen LogP contribution in [0, 0.1) is 5.92 Å². The van der Waals surface area contributed by atoms with Crippen molar-refractivity contribution in [1.29, 1.82) is 0 Å². The third-order valence-electron chi connectivity index (χ3n) is 2.84. The highest BCUT2D eigenvalue weighted by molar-refractivity contribution is 8.23. The van der Waals surface area contributed by atoms with Gasteiger partial charge in [-0.3, -0.25) is 9.69 Å². The zero-order valence-electron chi connectivity index (χ0n) is 9.89. The van der Waals surface area contributed by atoms with E-state index in [9.17, 15) is 19.8 Å². The number of hydrogen-bond donors (Lipinski definition) is 3. The van der Waals surface area contributed by atoms with E-state index in [-0.39, 0.29) is 17.0 Å². The maximum atomic E-state index is 11.9. The highest BCUT2D eigenvalue weighted by Gasteiger charge is 2.57. The maximum absolute atomic E-state index is 11.9. The van der Waals surface area contributed by atoms with Gasteiger partial charge in [-0.05, 0) is 6.92 Å². The number of carboxylic acid groups (broad SMARTS) is 1. The summed E-state index contributed by atoms with van der Waals surface area (Å²) in [5.74, 6) is -1.79. The number of carbonyl (C=O) groups is 2. The molecule has 3 N–H and O–H groups in total. The van der Waals surface area contributed by atoms with Crippen molar-refractivity contribution in [2.45, 2.75) is 18.4 Å². The molecular formula is C10H12N2O5S2. The zero-order valence-corrected chi connectivity index (χ0v) is 11.5. The SMILES string of the molecule is CC(O)C1C(=O)N2C(C(=O)O)=C(SCC=NO)S[C@H]12. The highest BCUT2D eigenvalue weighted by atomic mass is 32.2. The Hall–Kier alpha value is -1.19. The molecule has 3 atom stereocenters. The molecule has 9 heteroatoms. The van der Waals surface area contributed by atoms with Gasteiger partial charge in [0.2, 0.25) is 5.91 Å². The van der Waals surface area contributed by atoms with Crippen LogP contribution in [0.15, 0.2) is 15.1 Å². The number of nitrogens with zero attached hydrogens (tertiary/aromatic N) is 2. The largest absolute Gasteiger partial charge is 0.477 e. The monoisotopic (exact) mass is 304 g/mol. The lowest BCUT2D eigenvalue weighted by Crippen LogP contribution is -2.60. The standard InChI is InChI=1S/C10H12N2O5S2/c1-4(13)5-7(14)12-6(9(15)16)10(19-8(5)12)18-3-2-11-17/h2,4-5,8,13,17H,3H2,1H3,(H,15,16)/t4?,5?,8-/m1/s1. The second kappa shape index (κ2) is 5.43. The number of hydrogen-bond acceptors (Lipinski definition) is 7. The topological polar surface area (TPSA) is 110 Å². The van der Waals surface area contributed by atoms with Gasteiger partial charge in [-0.1, -0.05) is 11.8 Å². The molecule has 104 valence electrons. The van der Waals surface area contributed by atoms with Crippen molar-refractivity contribution in [2.75, 3.05) is 5.75 Å². The molecule has 19 heavy (non-hydrogen) atoms. The van der Waals surface area contributed by atoms with E-state index in [2.05, 4.69) is 5.16 Å². The predicted octanol–water partition coefficient (Wildman–Crippen LogP) is 0.345. The molecule has 1 amide bonds. The van der Waals surface area contributed by atoms with E-state index in [0.717, 1.165) is 0 Å². The molecule has 0 bridgehead atoms. The summed E-state index contributed by atoms with van der Waals surface area (Å²) in [4.78, 5) is 24.3. The maximum Gasteiger partial charge on any atom is 0.354 e. The van der Waals surface area contributed by atoms with Crippen LogP contribution in [-0.2, 0) is 9.59 Å². The Bertz CT molecular complexity index is 477. The minimum atomic E-state index is -1.17. The molecular weight excluding hydrogens is 292 g/mol. The van der Waals surface area contributed by atoms with Gasteiger partial charge in [0.1, 0.15) is 5.37 Å². The fraction of sp³-hybridized carbons (Fsp3) is 0.500. The number of oxime groups is 1. The van der Waals surface area contributed by atoms with Gasteiger partial charge >= 0.3 is 5.97 Å². The summed E-state index contributed by atoms with van der Waals surface area (Å²) >= 11 is 2.44. The second-order valence-corrected chi connectivity index (χ2v) is 6.45. The molecule has 2 aliphatic rings. The summed E-state index contributed by atoms with van der Waals surface area (Å²) in [6.07, 6.45) is 0.431. The Balaban J connectivity index is 2.19. The van der Waals surface area contributed by atoms with Crippen molar-refractivity contribution in [3.05, 3.63) is 9.93 Å². The highest BCUT2D eigenvalue weighted by Crippen LogP contribution is 2.53. The molecule has 0 aromatic carbocycles. The first kappa shape index (κ1) is 14.2. The molecule has 1 fully saturated rings. The van der Waals surface area contributed by atoms with E-state index in [1.54, 1.807) is 0 Å². The molecule has 0 saturated carbocycles. The number of amides is 1. The lowest BCUT2D eigenvalue weighted by Gasteiger charge is -2.43. The van der Waals surface area contributed by atoms with E-state index in [1.165, 1.54) is 41.6 Å². The first-order chi connectivity index (χ1) is 8.99. The van der Waals surface area contributed by atoms with Gasteiger partial charge in [-0.15, -0.1) is 16.9 Å². The van der Waals surface area contributed by atoms with Gasteiger partial charge in [0.15, 0.2) is 5.70 Å². The molecule has 0 aromatic heterocycles. The van der Waals surface area contributed by atoms with Crippen LogP contribution in [0.4, 0.5) is 0 Å². The minimum absolute atomic E-state index is 0.0479. The van der Waals surface area contributed by atoms with Crippen LogP contribution in [0.25, 0.3) is 0 Å². The number of β-lactam (4-membered cyclic amide) rings is 1. The summed E-state index contributed by atoms with van der Waals surface area (Å²) in [7, 11) is 0. The van der Waals surface area contributed by atoms with Crippen molar-refractivity contribution in [3.63, 3.8) is 0 Å². The lowest BCUT2D eigenvalue weighted by molar-refractivity contribution is -0.156. The average Bonchev–Trinajstić information content (AvgIpc) is 2.64. The summed E-state index contributed by atoms with van der Waals surface area (Å²) < 4.78 is 0.494. The van der Waals surface area contributed by atoms with Crippen LogP contribution in [-0.4, -0.2) is 55.6 Å². The van der Waals surface area contributed by atoms with Crippen LogP contribution in [0.1, 0.15) is 6.92 Å². The smallest absolute Gasteiger partial charge is 0.354 e. The number of carboxylic acids is 1. The third kappa shape index (κ3) is 2.33. The summed E-state index contributed by atoms with van der Waals surface area (Å²) in [5, 5.41) is 29.5. The Labute approximate surface area is 117 Å². The van der Waals surface area contributed by atoms with Crippen LogP contribution in [0.2, 0.25) is 0 Å². The van der Waals surface area contributed by atoms with Gasteiger partial charge < -0.3 is 15.4 Å². The number of thioether (sulfide) groups is 2. The van der Waals surface area contributed by atoms with Crippen molar-refractivity contribution in [3.8, 4) is 0 Å². The molecule has 0 aliphatic carbocycles. The molecule has 2 aliphatic heterocycles. The first-order valence-corrected chi connectivity index (χ1v) is 7.29. The van der Waals surface area contributed by atoms with E-state index < -0.39 is 18.0 Å². The van der Waals surface area contributed by atoms with E-state index >= 15 is 0 Å². The molecule has 7 nitrogen and oxygen atoms in total. The Morgan fingerprint density at radius 3 is 2.89 bits per heavy atom. The van der Waals surface area contributed by atoms with Gasteiger partial charge in [-0.2, -0.15) is 0 Å². The minimum Gasteiger partial charge on any atom is -0.477 e. The normalized spacial score (nSPS) is 27.7. The van der Waals surface area contributed by atoms with Crippen molar-refractivity contribution >= 4 is 41.6 Å². The van der Waals surface area contributed by atoms with Crippen LogP contribution in [0.3, 0.4) is 0 Å². The molecule has 0 spiro atoms. The quantitative estimate of drug-likeness (QED) is 0.291. The Kier molecular flexibility index (Phi) is 4.07. The molecule has 2 heterocycles. The van der Waals surface area contributed by atoms with Gasteiger partial charge in [0.25, 0.3) is 0 Å². The number of carbonyl (C=O) groups excluding carboxylic acids is 1. The number of aliphatic carboxylic acids is 1. The molecule has 2 unspecified atom stereocenters. The summed E-state index contributed by atoms with van der Waals surface area (Å²) in [6.45, 7) is 1.52. The van der Waals surface area contributed by atoms with E-state index in [0.29, 0.717) is 9.99 Å². The van der Waals surface area contributed by atoms with Crippen LogP contribution in [0.5, 0.6) is 0 Å². The Morgan fingerprint density at radius 2 is 2.37 bits per heavy atom. The van der Waals surface area contributed by atoms with Crippen molar-refractivity contribution < 1.29 is 25.0 Å².